The second-order valence-corrected chi connectivity index (χ2v) is 5.10. The van der Waals surface area contributed by atoms with E-state index in [0.29, 0.717) is 10.0 Å². The summed E-state index contributed by atoms with van der Waals surface area (Å²) in [6.45, 7) is 1.99. The molecular formula is C12H14ClN5S. The average molecular weight is 296 g/mol. The van der Waals surface area contributed by atoms with Gasteiger partial charge in [0.2, 0.25) is 0 Å². The summed E-state index contributed by atoms with van der Waals surface area (Å²) < 4.78 is 1.86. The van der Waals surface area contributed by atoms with E-state index < -0.39 is 0 Å². The molecular weight excluding hydrogens is 282 g/mol. The van der Waals surface area contributed by atoms with Gasteiger partial charge in [0, 0.05) is 23.3 Å². The molecule has 0 amide bonds. The van der Waals surface area contributed by atoms with Crippen molar-refractivity contribution in [2.45, 2.75) is 13.0 Å². The standard InChI is InChI=1S/C12H14ClN5S/c1-7(12-17-15-6-18(12)2)16-10-4-3-8(13)5-9(10)11(14)19/h3-7,16H,1-2H3,(H2,14,19). The summed E-state index contributed by atoms with van der Waals surface area (Å²) in [6.07, 6.45) is 1.66. The molecule has 2 rings (SSSR count). The van der Waals surface area contributed by atoms with Gasteiger partial charge in [-0.3, -0.25) is 0 Å². The van der Waals surface area contributed by atoms with Gasteiger partial charge in [-0.2, -0.15) is 0 Å². The Morgan fingerprint density at radius 1 is 1.53 bits per heavy atom. The first-order valence-corrected chi connectivity index (χ1v) is 6.47. The number of aryl methyl sites for hydroxylation is 1. The average Bonchev–Trinajstić information content (AvgIpc) is 2.77. The molecule has 0 aliphatic carbocycles. The fourth-order valence-corrected chi connectivity index (χ4v) is 2.17. The molecule has 0 bridgehead atoms. The third-order valence-corrected chi connectivity index (χ3v) is 3.21. The molecule has 2 aromatic rings. The third-order valence-electron chi connectivity index (χ3n) is 2.75. The highest BCUT2D eigenvalue weighted by Crippen LogP contribution is 2.24. The summed E-state index contributed by atoms with van der Waals surface area (Å²) in [6, 6.07) is 5.36. The molecule has 19 heavy (non-hydrogen) atoms. The first-order valence-electron chi connectivity index (χ1n) is 5.69. The Labute approximate surface area is 121 Å². The summed E-state index contributed by atoms with van der Waals surface area (Å²) in [5, 5.41) is 11.8. The van der Waals surface area contributed by atoms with Crippen LogP contribution in [0.3, 0.4) is 0 Å². The maximum atomic E-state index is 5.95. The van der Waals surface area contributed by atoms with Crippen molar-refractivity contribution in [1.29, 1.82) is 0 Å². The molecule has 0 aliphatic rings. The molecule has 1 atom stereocenters. The van der Waals surface area contributed by atoms with Gasteiger partial charge in [-0.05, 0) is 25.1 Å². The smallest absolute Gasteiger partial charge is 0.154 e. The molecule has 1 aromatic heterocycles. The predicted octanol–water partition coefficient (Wildman–Crippen LogP) is 2.28. The van der Waals surface area contributed by atoms with Crippen molar-refractivity contribution in [3.8, 4) is 0 Å². The van der Waals surface area contributed by atoms with Crippen LogP contribution in [0.4, 0.5) is 5.69 Å². The van der Waals surface area contributed by atoms with Crippen molar-refractivity contribution < 1.29 is 0 Å². The van der Waals surface area contributed by atoms with E-state index in [2.05, 4.69) is 15.5 Å². The van der Waals surface area contributed by atoms with E-state index >= 15 is 0 Å². The number of aromatic nitrogens is 3. The van der Waals surface area contributed by atoms with Gasteiger partial charge in [0.1, 0.15) is 11.3 Å². The zero-order chi connectivity index (χ0) is 14.0. The largest absolute Gasteiger partial charge is 0.389 e. The third kappa shape index (κ3) is 3.02. The molecule has 0 spiro atoms. The van der Waals surface area contributed by atoms with E-state index in [1.165, 1.54) is 0 Å². The van der Waals surface area contributed by atoms with Gasteiger partial charge in [0.15, 0.2) is 5.82 Å². The molecule has 1 unspecified atom stereocenters. The first kappa shape index (κ1) is 13.8. The highest BCUT2D eigenvalue weighted by molar-refractivity contribution is 7.80. The van der Waals surface area contributed by atoms with Crippen LogP contribution in [0.2, 0.25) is 5.02 Å². The van der Waals surface area contributed by atoms with Crippen LogP contribution < -0.4 is 11.1 Å². The number of thiocarbonyl (C=S) groups is 1. The maximum Gasteiger partial charge on any atom is 0.154 e. The lowest BCUT2D eigenvalue weighted by Gasteiger charge is -2.17. The molecule has 0 fully saturated rings. The van der Waals surface area contributed by atoms with Gasteiger partial charge < -0.3 is 15.6 Å². The Balaban J connectivity index is 2.29. The molecule has 3 N–H and O–H groups in total. The van der Waals surface area contributed by atoms with Crippen LogP contribution in [-0.4, -0.2) is 19.8 Å². The lowest BCUT2D eigenvalue weighted by atomic mass is 10.1. The second-order valence-electron chi connectivity index (χ2n) is 4.22. The molecule has 100 valence electrons. The fraction of sp³-hybridized carbons (Fsp3) is 0.250. The zero-order valence-corrected chi connectivity index (χ0v) is 12.2. The van der Waals surface area contributed by atoms with Crippen molar-refractivity contribution in [3.63, 3.8) is 0 Å². The van der Waals surface area contributed by atoms with Crippen molar-refractivity contribution in [2.24, 2.45) is 12.8 Å². The van der Waals surface area contributed by atoms with E-state index in [1.807, 2.05) is 24.6 Å². The normalized spacial score (nSPS) is 12.2. The minimum absolute atomic E-state index is 0.0261. The lowest BCUT2D eigenvalue weighted by molar-refractivity contribution is 0.719. The van der Waals surface area contributed by atoms with Crippen LogP contribution in [0.15, 0.2) is 24.5 Å². The number of halogens is 1. The van der Waals surface area contributed by atoms with E-state index in [9.17, 15) is 0 Å². The topological polar surface area (TPSA) is 68.8 Å². The molecule has 0 saturated heterocycles. The molecule has 0 saturated carbocycles. The molecule has 1 heterocycles. The number of hydrogen-bond acceptors (Lipinski definition) is 4. The minimum atomic E-state index is -0.0261. The quantitative estimate of drug-likeness (QED) is 0.847. The van der Waals surface area contributed by atoms with Gasteiger partial charge in [-0.1, -0.05) is 23.8 Å². The van der Waals surface area contributed by atoms with Gasteiger partial charge in [0.05, 0.1) is 6.04 Å². The highest BCUT2D eigenvalue weighted by Gasteiger charge is 2.14. The van der Waals surface area contributed by atoms with Gasteiger partial charge >= 0.3 is 0 Å². The highest BCUT2D eigenvalue weighted by atomic mass is 35.5. The van der Waals surface area contributed by atoms with Crippen LogP contribution in [0.25, 0.3) is 0 Å². The Morgan fingerprint density at radius 3 is 2.84 bits per heavy atom. The number of rotatable bonds is 4. The molecule has 0 radical (unpaired) electrons. The molecule has 1 aromatic carbocycles. The SMILES string of the molecule is CC(Nc1ccc(Cl)cc1C(N)=S)c1nncn1C. The predicted molar refractivity (Wildman–Crippen MR) is 80.4 cm³/mol. The van der Waals surface area contributed by atoms with E-state index in [0.717, 1.165) is 17.1 Å². The molecule has 7 heteroatoms. The van der Waals surface area contributed by atoms with E-state index in [4.69, 9.17) is 29.6 Å². The summed E-state index contributed by atoms with van der Waals surface area (Å²) in [5.74, 6) is 0.823. The number of benzene rings is 1. The number of nitrogens with zero attached hydrogens (tertiary/aromatic N) is 3. The van der Waals surface area contributed by atoms with Crippen molar-refractivity contribution in [2.75, 3.05) is 5.32 Å². The number of nitrogens with two attached hydrogens (primary N) is 1. The van der Waals surface area contributed by atoms with E-state index in [-0.39, 0.29) is 6.04 Å². The van der Waals surface area contributed by atoms with Gasteiger partial charge in [-0.15, -0.1) is 10.2 Å². The Bertz CT molecular complexity index is 610. The second kappa shape index (κ2) is 5.54. The summed E-state index contributed by atoms with van der Waals surface area (Å²) in [4.78, 5) is 0.301. The van der Waals surface area contributed by atoms with Crippen LogP contribution in [0, 0.1) is 0 Å². The Kier molecular flexibility index (Phi) is 4.01. The Morgan fingerprint density at radius 2 is 2.26 bits per heavy atom. The molecule has 5 nitrogen and oxygen atoms in total. The summed E-state index contributed by atoms with van der Waals surface area (Å²) in [5.41, 5.74) is 7.25. The first-order chi connectivity index (χ1) is 8.99. The summed E-state index contributed by atoms with van der Waals surface area (Å²) >= 11 is 11.0. The van der Waals surface area contributed by atoms with Crippen molar-refractivity contribution in [1.82, 2.24) is 14.8 Å². The number of hydrogen-bond donors (Lipinski definition) is 2. The molecule has 0 aliphatic heterocycles. The van der Waals surface area contributed by atoms with Crippen LogP contribution in [0.5, 0.6) is 0 Å². The Hall–Kier alpha value is -1.66. The summed E-state index contributed by atoms with van der Waals surface area (Å²) in [7, 11) is 1.89. The lowest BCUT2D eigenvalue weighted by Crippen LogP contribution is -2.17. The maximum absolute atomic E-state index is 5.95. The minimum Gasteiger partial charge on any atom is -0.389 e. The van der Waals surface area contributed by atoms with Gasteiger partial charge in [0.25, 0.3) is 0 Å². The number of anilines is 1. The van der Waals surface area contributed by atoms with Crippen molar-refractivity contribution >= 4 is 34.5 Å². The van der Waals surface area contributed by atoms with Crippen LogP contribution in [0.1, 0.15) is 24.4 Å². The van der Waals surface area contributed by atoms with Crippen LogP contribution in [-0.2, 0) is 7.05 Å². The van der Waals surface area contributed by atoms with Crippen molar-refractivity contribution in [3.05, 3.63) is 40.9 Å². The zero-order valence-electron chi connectivity index (χ0n) is 10.6. The fourth-order valence-electron chi connectivity index (χ4n) is 1.83. The van der Waals surface area contributed by atoms with E-state index in [1.54, 1.807) is 18.5 Å². The number of nitrogens with one attached hydrogen (secondary N) is 1. The van der Waals surface area contributed by atoms with Crippen LogP contribution >= 0.6 is 23.8 Å². The monoisotopic (exact) mass is 295 g/mol. The van der Waals surface area contributed by atoms with Gasteiger partial charge in [-0.25, -0.2) is 0 Å².